The first-order valence-electron chi connectivity index (χ1n) is 4.28. The second kappa shape index (κ2) is 3.60. The van der Waals surface area contributed by atoms with Crippen molar-refractivity contribution in [1.29, 1.82) is 0 Å². The Kier molecular flexibility index (Phi) is 2.29. The van der Waals surface area contributed by atoms with Crippen LogP contribution in [0.15, 0.2) is 23.2 Å². The summed E-state index contributed by atoms with van der Waals surface area (Å²) in [6, 6.07) is 4.11. The minimum Gasteiger partial charge on any atom is -0.491 e. The summed E-state index contributed by atoms with van der Waals surface area (Å²) in [5.41, 5.74) is 0.750. The summed E-state index contributed by atoms with van der Waals surface area (Å²) in [6.45, 7) is 0.355. The Hall–Kier alpha value is -1.67. The standard InChI is InChI=1S/C10H8FNO2/c11-8-1-2-10-7(3-8)4-9(5-14-10)12-6-13/h1-3,9H,4-5H2. The average Bonchev–Trinajstić information content (AvgIpc) is 2.17. The number of fused-ring (bicyclic) bond motifs is 1. The Bertz CT molecular complexity index is 399. The van der Waals surface area contributed by atoms with Crippen molar-refractivity contribution < 1.29 is 13.9 Å². The fourth-order valence-electron chi connectivity index (χ4n) is 1.50. The van der Waals surface area contributed by atoms with Gasteiger partial charge in [0, 0.05) is 6.42 Å². The van der Waals surface area contributed by atoms with E-state index in [0.717, 1.165) is 5.56 Å². The van der Waals surface area contributed by atoms with E-state index in [1.807, 2.05) is 0 Å². The highest BCUT2D eigenvalue weighted by Crippen LogP contribution is 2.26. The number of nitrogens with zero attached hydrogens (tertiary/aromatic N) is 1. The molecule has 72 valence electrons. The van der Waals surface area contributed by atoms with E-state index in [9.17, 15) is 9.18 Å². The molecule has 1 aliphatic heterocycles. The van der Waals surface area contributed by atoms with Gasteiger partial charge in [0.25, 0.3) is 0 Å². The van der Waals surface area contributed by atoms with Crippen molar-refractivity contribution in [3.05, 3.63) is 29.6 Å². The Morgan fingerprint density at radius 3 is 3.21 bits per heavy atom. The SMILES string of the molecule is O=C=NC1COc2ccc(F)cc2C1. The number of hydrogen-bond acceptors (Lipinski definition) is 3. The summed E-state index contributed by atoms with van der Waals surface area (Å²) >= 11 is 0. The lowest BCUT2D eigenvalue weighted by atomic mass is 10.0. The van der Waals surface area contributed by atoms with Crippen LogP contribution in [0.1, 0.15) is 5.56 Å². The molecule has 0 fully saturated rings. The Morgan fingerprint density at radius 1 is 1.57 bits per heavy atom. The summed E-state index contributed by atoms with van der Waals surface area (Å²) < 4.78 is 18.1. The normalized spacial score (nSPS) is 19.1. The molecule has 1 atom stereocenters. The maximum atomic E-state index is 12.8. The van der Waals surface area contributed by atoms with E-state index >= 15 is 0 Å². The van der Waals surface area contributed by atoms with Gasteiger partial charge >= 0.3 is 0 Å². The van der Waals surface area contributed by atoms with Crippen molar-refractivity contribution in [2.24, 2.45) is 4.99 Å². The molecule has 4 heteroatoms. The molecule has 0 saturated heterocycles. The fourth-order valence-corrected chi connectivity index (χ4v) is 1.50. The molecule has 0 radical (unpaired) electrons. The van der Waals surface area contributed by atoms with E-state index in [2.05, 4.69) is 4.99 Å². The van der Waals surface area contributed by atoms with Crippen molar-refractivity contribution in [2.75, 3.05) is 6.61 Å². The van der Waals surface area contributed by atoms with Crippen molar-refractivity contribution >= 4 is 6.08 Å². The number of carbonyl (C=O) groups excluding carboxylic acids is 1. The second-order valence-corrected chi connectivity index (χ2v) is 3.14. The molecule has 0 saturated carbocycles. The maximum Gasteiger partial charge on any atom is 0.235 e. The summed E-state index contributed by atoms with van der Waals surface area (Å²) in [6.07, 6.45) is 2.01. The summed E-state index contributed by atoms with van der Waals surface area (Å²) in [5, 5.41) is 0. The summed E-state index contributed by atoms with van der Waals surface area (Å²) in [7, 11) is 0. The van der Waals surface area contributed by atoms with Gasteiger partial charge in [0.1, 0.15) is 24.2 Å². The molecule has 0 spiro atoms. The molecule has 14 heavy (non-hydrogen) atoms. The van der Waals surface area contributed by atoms with Gasteiger partial charge in [-0.1, -0.05) is 0 Å². The van der Waals surface area contributed by atoms with Crippen LogP contribution in [-0.2, 0) is 11.2 Å². The molecule has 0 aromatic heterocycles. The minimum absolute atomic E-state index is 0.234. The molecule has 0 N–H and O–H groups in total. The lowest BCUT2D eigenvalue weighted by molar-refractivity contribution is 0.263. The van der Waals surface area contributed by atoms with Gasteiger partial charge in [-0.2, -0.15) is 4.99 Å². The first-order chi connectivity index (χ1) is 6.79. The van der Waals surface area contributed by atoms with Crippen LogP contribution in [0.25, 0.3) is 0 Å². The highest BCUT2D eigenvalue weighted by molar-refractivity contribution is 5.38. The van der Waals surface area contributed by atoms with Crippen LogP contribution in [0, 0.1) is 5.82 Å². The van der Waals surface area contributed by atoms with Crippen molar-refractivity contribution in [2.45, 2.75) is 12.5 Å². The van der Waals surface area contributed by atoms with Gasteiger partial charge in [-0.05, 0) is 23.8 Å². The van der Waals surface area contributed by atoms with Gasteiger partial charge in [0.2, 0.25) is 6.08 Å². The smallest absolute Gasteiger partial charge is 0.235 e. The van der Waals surface area contributed by atoms with Gasteiger partial charge in [-0.15, -0.1) is 0 Å². The van der Waals surface area contributed by atoms with E-state index < -0.39 is 0 Å². The molecule has 0 aliphatic carbocycles. The van der Waals surface area contributed by atoms with Gasteiger partial charge in [-0.3, -0.25) is 0 Å². The van der Waals surface area contributed by atoms with Gasteiger partial charge in [-0.25, -0.2) is 9.18 Å². The number of halogens is 1. The summed E-state index contributed by atoms with van der Waals surface area (Å²) in [5.74, 6) is 0.367. The lowest BCUT2D eigenvalue weighted by Gasteiger charge is -2.21. The third-order valence-corrected chi connectivity index (χ3v) is 2.14. The molecular formula is C10H8FNO2. The molecule has 0 amide bonds. The zero-order valence-corrected chi connectivity index (χ0v) is 7.37. The molecule has 1 aromatic carbocycles. The molecule has 1 heterocycles. The van der Waals surface area contributed by atoms with E-state index in [0.29, 0.717) is 18.8 Å². The first-order valence-corrected chi connectivity index (χ1v) is 4.28. The predicted molar refractivity (Wildman–Crippen MR) is 47.5 cm³/mol. The monoisotopic (exact) mass is 193 g/mol. The van der Waals surface area contributed by atoms with Crippen LogP contribution in [-0.4, -0.2) is 18.7 Å². The second-order valence-electron chi connectivity index (χ2n) is 3.14. The molecular weight excluding hydrogens is 185 g/mol. The lowest BCUT2D eigenvalue weighted by Crippen LogP contribution is -2.24. The molecule has 1 aliphatic rings. The van der Waals surface area contributed by atoms with Gasteiger partial charge in [0.05, 0.1) is 0 Å². The molecule has 0 bridgehead atoms. The van der Waals surface area contributed by atoms with Crippen LogP contribution < -0.4 is 4.74 Å². The number of rotatable bonds is 1. The van der Waals surface area contributed by atoms with Gasteiger partial charge in [0.15, 0.2) is 0 Å². The van der Waals surface area contributed by atoms with E-state index in [1.54, 1.807) is 6.07 Å². The molecule has 1 unspecified atom stereocenters. The van der Waals surface area contributed by atoms with E-state index in [1.165, 1.54) is 18.2 Å². The van der Waals surface area contributed by atoms with Crippen molar-refractivity contribution in [3.63, 3.8) is 0 Å². The summed E-state index contributed by atoms with van der Waals surface area (Å²) in [4.78, 5) is 13.6. The molecule has 1 aromatic rings. The van der Waals surface area contributed by atoms with Crippen LogP contribution in [0.4, 0.5) is 4.39 Å². The Balaban J connectivity index is 2.28. The Labute approximate surface area is 80.2 Å². The van der Waals surface area contributed by atoms with Crippen LogP contribution in [0.3, 0.4) is 0 Å². The minimum atomic E-state index is -0.303. The number of isocyanates is 1. The number of benzene rings is 1. The third kappa shape index (κ3) is 1.65. The number of aliphatic imine (C=N–C) groups is 1. The van der Waals surface area contributed by atoms with Crippen molar-refractivity contribution in [1.82, 2.24) is 0 Å². The van der Waals surface area contributed by atoms with E-state index in [4.69, 9.17) is 4.74 Å². The first kappa shape index (κ1) is 8.91. The average molecular weight is 193 g/mol. The fraction of sp³-hybridized carbons (Fsp3) is 0.300. The third-order valence-electron chi connectivity index (χ3n) is 2.14. The zero-order valence-electron chi connectivity index (χ0n) is 7.37. The van der Waals surface area contributed by atoms with Crippen LogP contribution >= 0.6 is 0 Å². The highest BCUT2D eigenvalue weighted by atomic mass is 19.1. The van der Waals surface area contributed by atoms with Crippen LogP contribution in [0.2, 0.25) is 0 Å². The molecule has 3 nitrogen and oxygen atoms in total. The quantitative estimate of drug-likeness (QED) is 0.500. The highest BCUT2D eigenvalue weighted by Gasteiger charge is 2.19. The topological polar surface area (TPSA) is 38.7 Å². The maximum absolute atomic E-state index is 12.8. The Morgan fingerprint density at radius 2 is 2.43 bits per heavy atom. The predicted octanol–water partition coefficient (Wildman–Crippen LogP) is 1.47. The van der Waals surface area contributed by atoms with Gasteiger partial charge < -0.3 is 4.74 Å². The number of ether oxygens (including phenoxy) is 1. The van der Waals surface area contributed by atoms with E-state index in [-0.39, 0.29) is 11.9 Å². The zero-order chi connectivity index (χ0) is 9.97. The molecule has 2 rings (SSSR count). The van der Waals surface area contributed by atoms with Crippen molar-refractivity contribution in [3.8, 4) is 5.75 Å². The van der Waals surface area contributed by atoms with Crippen LogP contribution in [0.5, 0.6) is 5.75 Å². The number of hydrogen-bond donors (Lipinski definition) is 0. The largest absolute Gasteiger partial charge is 0.491 e.